The van der Waals surface area contributed by atoms with Gasteiger partial charge in [-0.2, -0.15) is 0 Å². The maximum absolute atomic E-state index is 10.4. The Morgan fingerprint density at radius 2 is 2.09 bits per heavy atom. The summed E-state index contributed by atoms with van der Waals surface area (Å²) < 4.78 is 1.87. The predicted octanol–water partition coefficient (Wildman–Crippen LogP) is 2.30. The second-order valence-corrected chi connectivity index (χ2v) is 5.79. The molecule has 0 bridgehead atoms. The first-order valence-corrected chi connectivity index (χ1v) is 7.40. The van der Waals surface area contributed by atoms with E-state index in [1.165, 1.54) is 5.56 Å². The number of hydrogen-bond acceptors (Lipinski definition) is 4. The van der Waals surface area contributed by atoms with Gasteiger partial charge in [-0.15, -0.1) is 0 Å². The molecule has 2 unspecified atom stereocenters. The number of nitrogen functional groups attached to an aromatic ring is 1. The Hall–Kier alpha value is -2.53. The molecule has 4 N–H and O–H groups in total. The fourth-order valence-electron chi connectivity index (χ4n) is 3.23. The van der Waals surface area contributed by atoms with E-state index in [1.807, 2.05) is 41.8 Å². The largest absolute Gasteiger partial charge is 0.390 e. The van der Waals surface area contributed by atoms with Crippen LogP contribution in [0.1, 0.15) is 22.9 Å². The number of nitrogens with zero attached hydrogens (tertiary/aromatic N) is 2. The van der Waals surface area contributed by atoms with Gasteiger partial charge in [-0.1, -0.05) is 24.3 Å². The minimum absolute atomic E-state index is 0.124. The number of aryl methyl sites for hydroxylation is 1. The molecule has 0 amide bonds. The highest BCUT2D eigenvalue weighted by Gasteiger charge is 2.31. The Morgan fingerprint density at radius 1 is 1.27 bits per heavy atom. The molecule has 0 fully saturated rings. The van der Waals surface area contributed by atoms with Crippen LogP contribution in [0.4, 0.5) is 11.5 Å². The van der Waals surface area contributed by atoms with Crippen LogP contribution in [0.3, 0.4) is 0 Å². The Bertz CT molecular complexity index is 855. The first-order chi connectivity index (χ1) is 10.6. The summed E-state index contributed by atoms with van der Waals surface area (Å²) >= 11 is 0. The summed E-state index contributed by atoms with van der Waals surface area (Å²) in [6, 6.07) is 11.9. The molecule has 0 aliphatic heterocycles. The molecule has 3 aromatic rings. The number of aromatic nitrogens is 2. The van der Waals surface area contributed by atoms with E-state index in [0.717, 1.165) is 22.6 Å². The van der Waals surface area contributed by atoms with Crippen molar-refractivity contribution in [3.05, 3.63) is 59.4 Å². The van der Waals surface area contributed by atoms with Crippen molar-refractivity contribution in [1.29, 1.82) is 0 Å². The molecule has 2 atom stereocenters. The quantitative estimate of drug-likeness (QED) is 0.678. The Morgan fingerprint density at radius 3 is 2.95 bits per heavy atom. The summed E-state index contributed by atoms with van der Waals surface area (Å²) in [6.07, 6.45) is 2.13. The highest BCUT2D eigenvalue weighted by molar-refractivity contribution is 5.72. The van der Waals surface area contributed by atoms with Crippen LogP contribution in [0.25, 0.3) is 5.65 Å². The molecule has 0 saturated heterocycles. The molecular formula is C17H18N4O. The van der Waals surface area contributed by atoms with Crippen LogP contribution in [0.15, 0.2) is 42.6 Å². The fourth-order valence-corrected chi connectivity index (χ4v) is 3.23. The van der Waals surface area contributed by atoms with Crippen molar-refractivity contribution in [3.8, 4) is 0 Å². The molecule has 1 aliphatic rings. The van der Waals surface area contributed by atoms with Crippen LogP contribution in [0, 0.1) is 6.92 Å². The van der Waals surface area contributed by atoms with E-state index in [0.29, 0.717) is 12.2 Å². The van der Waals surface area contributed by atoms with Crippen molar-refractivity contribution < 1.29 is 5.11 Å². The van der Waals surface area contributed by atoms with Crippen molar-refractivity contribution >= 4 is 17.2 Å². The molecule has 1 aliphatic carbocycles. The van der Waals surface area contributed by atoms with Gasteiger partial charge in [0.1, 0.15) is 5.82 Å². The monoisotopic (exact) mass is 294 g/mol. The molecule has 0 spiro atoms. The van der Waals surface area contributed by atoms with E-state index >= 15 is 0 Å². The van der Waals surface area contributed by atoms with E-state index in [4.69, 9.17) is 5.73 Å². The summed E-state index contributed by atoms with van der Waals surface area (Å²) in [5.74, 6) is 0.644. The lowest BCUT2D eigenvalue weighted by atomic mass is 10.1. The maximum atomic E-state index is 10.4. The minimum Gasteiger partial charge on any atom is -0.390 e. The first kappa shape index (κ1) is 13.2. The molecule has 2 aromatic heterocycles. The third-order valence-corrected chi connectivity index (χ3v) is 4.39. The van der Waals surface area contributed by atoms with Gasteiger partial charge in [0, 0.05) is 12.6 Å². The van der Waals surface area contributed by atoms with Gasteiger partial charge in [0.2, 0.25) is 0 Å². The molecule has 5 nitrogen and oxygen atoms in total. The van der Waals surface area contributed by atoms with Crippen LogP contribution in [-0.4, -0.2) is 20.6 Å². The maximum Gasteiger partial charge on any atom is 0.162 e. The number of benzene rings is 1. The fraction of sp³-hybridized carbons (Fsp3) is 0.235. The number of nitrogens with one attached hydrogen (secondary N) is 1. The lowest BCUT2D eigenvalue weighted by Gasteiger charge is -2.19. The zero-order valence-corrected chi connectivity index (χ0v) is 12.3. The number of fused-ring (bicyclic) bond motifs is 2. The number of hydrogen-bond donors (Lipinski definition) is 3. The average molecular weight is 294 g/mol. The van der Waals surface area contributed by atoms with E-state index in [2.05, 4.69) is 22.4 Å². The normalized spacial score (nSPS) is 20.3. The third kappa shape index (κ3) is 1.86. The summed E-state index contributed by atoms with van der Waals surface area (Å²) in [4.78, 5) is 4.53. The van der Waals surface area contributed by atoms with Crippen LogP contribution >= 0.6 is 0 Å². The van der Waals surface area contributed by atoms with E-state index in [9.17, 15) is 5.11 Å². The molecule has 22 heavy (non-hydrogen) atoms. The summed E-state index contributed by atoms with van der Waals surface area (Å²) in [7, 11) is 0. The highest BCUT2D eigenvalue weighted by Crippen LogP contribution is 2.35. The van der Waals surface area contributed by atoms with Crippen molar-refractivity contribution in [3.63, 3.8) is 0 Å². The number of imidazole rings is 1. The van der Waals surface area contributed by atoms with E-state index < -0.39 is 6.10 Å². The average Bonchev–Trinajstić information content (AvgIpc) is 2.99. The zero-order chi connectivity index (χ0) is 15.3. The third-order valence-electron chi connectivity index (χ3n) is 4.39. The van der Waals surface area contributed by atoms with Crippen LogP contribution < -0.4 is 11.1 Å². The van der Waals surface area contributed by atoms with Gasteiger partial charge >= 0.3 is 0 Å². The Labute approximate surface area is 128 Å². The van der Waals surface area contributed by atoms with Crippen LogP contribution in [-0.2, 0) is 6.42 Å². The lowest BCUT2D eigenvalue weighted by Crippen LogP contribution is -2.21. The van der Waals surface area contributed by atoms with E-state index in [1.54, 1.807) is 0 Å². The standard InChI is InChI=1S/C17H18N4O/c1-10-16(18)21-8-4-7-13(17(21)19-10)20-15-12-6-3-2-5-11(12)9-14(15)22/h2-8,14-15,20,22H,9,18H2,1H3. The van der Waals surface area contributed by atoms with Gasteiger partial charge in [-0.3, -0.25) is 4.40 Å². The predicted molar refractivity (Wildman–Crippen MR) is 86.9 cm³/mol. The summed E-state index contributed by atoms with van der Waals surface area (Å²) in [5, 5.41) is 13.8. The SMILES string of the molecule is Cc1nc2c(NC3c4ccccc4CC3O)cccn2c1N. The van der Waals surface area contributed by atoms with Gasteiger partial charge in [-0.05, 0) is 30.2 Å². The lowest BCUT2D eigenvalue weighted by molar-refractivity contribution is 0.166. The number of aliphatic hydroxyl groups is 1. The number of nitrogens with two attached hydrogens (primary N) is 1. The molecule has 5 heteroatoms. The highest BCUT2D eigenvalue weighted by atomic mass is 16.3. The molecule has 112 valence electrons. The number of rotatable bonds is 2. The Balaban J connectivity index is 1.77. The van der Waals surface area contributed by atoms with Gasteiger partial charge in [0.25, 0.3) is 0 Å². The molecule has 4 rings (SSSR count). The van der Waals surface area contributed by atoms with Gasteiger partial charge in [0.15, 0.2) is 5.65 Å². The zero-order valence-electron chi connectivity index (χ0n) is 12.3. The summed E-state index contributed by atoms with van der Waals surface area (Å²) in [5.41, 5.74) is 10.9. The van der Waals surface area contributed by atoms with Crippen molar-refractivity contribution in [2.75, 3.05) is 11.1 Å². The van der Waals surface area contributed by atoms with Crippen molar-refractivity contribution in [1.82, 2.24) is 9.38 Å². The van der Waals surface area contributed by atoms with Crippen molar-refractivity contribution in [2.45, 2.75) is 25.5 Å². The topological polar surface area (TPSA) is 75.6 Å². The molecule has 1 aromatic carbocycles. The van der Waals surface area contributed by atoms with E-state index in [-0.39, 0.29) is 6.04 Å². The van der Waals surface area contributed by atoms with Gasteiger partial charge in [-0.25, -0.2) is 4.98 Å². The Kier molecular flexibility index (Phi) is 2.84. The summed E-state index contributed by atoms with van der Waals surface area (Å²) in [6.45, 7) is 1.89. The molecule has 0 radical (unpaired) electrons. The minimum atomic E-state index is -0.439. The number of aliphatic hydroxyl groups excluding tert-OH is 1. The first-order valence-electron chi connectivity index (χ1n) is 7.40. The smallest absolute Gasteiger partial charge is 0.162 e. The van der Waals surface area contributed by atoms with Crippen LogP contribution in [0.2, 0.25) is 0 Å². The number of anilines is 2. The second-order valence-electron chi connectivity index (χ2n) is 5.79. The van der Waals surface area contributed by atoms with Gasteiger partial charge in [0.05, 0.1) is 23.5 Å². The molecule has 2 heterocycles. The van der Waals surface area contributed by atoms with Crippen LogP contribution in [0.5, 0.6) is 0 Å². The molecular weight excluding hydrogens is 276 g/mol. The van der Waals surface area contributed by atoms with Crippen molar-refractivity contribution in [2.24, 2.45) is 0 Å². The second kappa shape index (κ2) is 4.74. The number of pyridine rings is 1. The van der Waals surface area contributed by atoms with Gasteiger partial charge < -0.3 is 16.2 Å². The molecule has 0 saturated carbocycles.